The average Bonchev–Trinajstić information content (AvgIpc) is 1.89. The predicted molar refractivity (Wildman–Crippen MR) is 403 cm³/mol. The minimum Gasteiger partial charge on any atom is -0.494 e. The molecule has 0 aliphatic rings. The Kier molecular flexibility index (Phi) is 42.3. The summed E-state index contributed by atoms with van der Waals surface area (Å²) in [6.45, 7) is 8.84. The van der Waals surface area contributed by atoms with E-state index in [1.165, 1.54) is 193 Å². The number of unbranched alkanes of at least 4 members (excludes halogenated alkanes) is 34. The summed E-state index contributed by atoms with van der Waals surface area (Å²) in [7, 11) is 0. The summed E-state index contributed by atoms with van der Waals surface area (Å²) in [6, 6.07) is 45.1. The molecule has 97 heavy (non-hydrogen) atoms. The fraction of sp³-hybridized carbons (Fsp3) is 0.517. The van der Waals surface area contributed by atoms with Crippen LogP contribution in [0.1, 0.15) is 302 Å². The van der Waals surface area contributed by atoms with Crippen molar-refractivity contribution in [2.24, 2.45) is 0 Å². The van der Waals surface area contributed by atoms with E-state index in [2.05, 4.69) is 49.4 Å². The lowest BCUT2D eigenvalue weighted by Gasteiger charge is -2.11. The van der Waals surface area contributed by atoms with Gasteiger partial charge in [0.1, 0.15) is 34.5 Å². The van der Waals surface area contributed by atoms with Crippen molar-refractivity contribution in [3.63, 3.8) is 0 Å². The van der Waals surface area contributed by atoms with Crippen LogP contribution in [0.2, 0.25) is 0 Å². The number of benzene rings is 6. The van der Waals surface area contributed by atoms with Crippen LogP contribution in [0.25, 0.3) is 0 Å². The normalized spacial score (nSPS) is 10.8. The first kappa shape index (κ1) is 78.3. The number of carbonyl (C=O) groups is 1. The van der Waals surface area contributed by atoms with E-state index in [-0.39, 0.29) is 5.56 Å². The summed E-state index contributed by atoms with van der Waals surface area (Å²) in [5, 5.41) is 9.33. The molecule has 0 heterocycles. The topological polar surface area (TPSA) is 92.7 Å². The average molecular weight is 1320 g/mol. The summed E-state index contributed by atoms with van der Waals surface area (Å²) in [4.78, 5) is 11.4. The highest BCUT2D eigenvalue weighted by atomic mass is 16.5. The first-order chi connectivity index (χ1) is 47.9. The Morgan fingerprint density at radius 2 is 0.423 bits per heavy atom. The van der Waals surface area contributed by atoms with Gasteiger partial charge in [0.05, 0.1) is 45.2 Å². The van der Waals surface area contributed by atoms with E-state index in [1.807, 2.05) is 115 Å². The van der Waals surface area contributed by atoms with Crippen LogP contribution in [-0.2, 0) is 0 Å². The molecule has 0 atom stereocenters. The number of hydrogen-bond donors (Lipinski definition) is 1. The number of rotatable bonds is 53. The molecule has 0 unspecified atom stereocenters. The molecular formula is C89H118O8. The van der Waals surface area contributed by atoms with E-state index in [4.69, 9.17) is 28.4 Å². The largest absolute Gasteiger partial charge is 0.494 e. The van der Waals surface area contributed by atoms with E-state index >= 15 is 0 Å². The molecule has 0 spiro atoms. The van der Waals surface area contributed by atoms with Gasteiger partial charge in [-0.25, -0.2) is 4.79 Å². The van der Waals surface area contributed by atoms with Crippen molar-refractivity contribution < 1.29 is 38.3 Å². The highest BCUT2D eigenvalue weighted by Gasteiger charge is 2.07. The molecule has 522 valence electrons. The van der Waals surface area contributed by atoms with Crippen LogP contribution in [0.4, 0.5) is 0 Å². The predicted octanol–water partition coefficient (Wildman–Crippen LogP) is 24.1. The maximum atomic E-state index is 11.4. The summed E-state index contributed by atoms with van der Waals surface area (Å²) in [5.74, 6) is 23.8. The van der Waals surface area contributed by atoms with Gasteiger partial charge in [0.25, 0.3) is 0 Å². The summed E-state index contributed by atoms with van der Waals surface area (Å²) in [5.41, 5.74) is 5.70. The van der Waals surface area contributed by atoms with Crippen LogP contribution in [-0.4, -0.2) is 50.7 Å². The van der Waals surface area contributed by atoms with Gasteiger partial charge in [0.2, 0.25) is 0 Å². The maximum Gasteiger partial charge on any atom is 0.335 e. The Morgan fingerprint density at radius 1 is 0.237 bits per heavy atom. The van der Waals surface area contributed by atoms with Gasteiger partial charge >= 0.3 is 5.97 Å². The molecule has 0 aliphatic heterocycles. The maximum absolute atomic E-state index is 11.4. The lowest BCUT2D eigenvalue weighted by Crippen LogP contribution is -2.01. The lowest BCUT2D eigenvalue weighted by atomic mass is 10.1. The van der Waals surface area contributed by atoms with Gasteiger partial charge < -0.3 is 33.5 Å². The molecule has 0 amide bonds. The summed E-state index contributed by atoms with van der Waals surface area (Å²) < 4.78 is 36.7. The SMILES string of the molecule is CCCCCCCCCCCCOc1ccc(C#Cc2ccc(OCCCCCCCCCCCOc3cc(C#Cc4ccc(C(=O)O)cc4)cc(OCCCCCCCCCCCOc4ccc(C#Cc5ccc(OCCCCCCCCCCCC)cc5)cc4)c3)cc2)cc1. The smallest absolute Gasteiger partial charge is 0.335 e. The molecule has 0 aliphatic carbocycles. The molecule has 0 saturated carbocycles. The van der Waals surface area contributed by atoms with E-state index in [0.717, 1.165) is 146 Å². The highest BCUT2D eigenvalue weighted by molar-refractivity contribution is 5.87. The second-order valence-electron chi connectivity index (χ2n) is 26.2. The summed E-state index contributed by atoms with van der Waals surface area (Å²) in [6.07, 6.45) is 47.6. The minimum atomic E-state index is -0.952. The molecule has 8 heteroatoms. The van der Waals surface area contributed by atoms with Crippen LogP contribution in [0.15, 0.2) is 140 Å². The van der Waals surface area contributed by atoms with Gasteiger partial charge in [-0.3, -0.25) is 0 Å². The molecule has 0 aromatic heterocycles. The molecule has 0 saturated heterocycles. The Bertz CT molecular complexity index is 2990. The van der Waals surface area contributed by atoms with Crippen molar-refractivity contribution >= 4 is 5.97 Å². The monoisotopic (exact) mass is 1310 g/mol. The van der Waals surface area contributed by atoms with Crippen LogP contribution in [0.5, 0.6) is 34.5 Å². The third kappa shape index (κ3) is 38.1. The standard InChI is InChI=1S/C89H118O8/c1-3-5-7-9-11-13-17-23-29-35-67-92-83-59-49-77(50-60-83)41-43-79-53-63-85(64-54-79)94-69-37-31-25-19-15-21-27-33-39-71-96-87-73-81(46-45-76-47-57-82(58-48-76)89(90)91)74-88(75-87)97-72-40-34-28-22-16-20-26-32-38-70-95-86-65-55-80(56-66-86)44-42-78-51-61-84(62-52-78)93-68-36-30-24-18-14-12-10-8-6-4-2/h47-66,73-75H,3-40,67-72H2,1-2H3,(H,90,91). The van der Waals surface area contributed by atoms with Gasteiger partial charge in [-0.05, 0) is 172 Å². The Hall–Kier alpha value is -7.73. The molecule has 0 bridgehead atoms. The lowest BCUT2D eigenvalue weighted by molar-refractivity contribution is 0.0696. The Labute approximate surface area is 587 Å². The van der Waals surface area contributed by atoms with Gasteiger partial charge in [-0.15, -0.1) is 0 Å². The Balaban J connectivity index is 0.751. The van der Waals surface area contributed by atoms with Crippen molar-refractivity contribution in [1.82, 2.24) is 0 Å². The zero-order chi connectivity index (χ0) is 67.9. The molecule has 6 aromatic rings. The van der Waals surface area contributed by atoms with Crippen molar-refractivity contribution in [2.75, 3.05) is 39.6 Å². The van der Waals surface area contributed by atoms with E-state index < -0.39 is 5.97 Å². The Morgan fingerprint density at radius 3 is 0.639 bits per heavy atom. The third-order valence-corrected chi connectivity index (χ3v) is 17.7. The second kappa shape index (κ2) is 52.4. The zero-order valence-corrected chi connectivity index (χ0v) is 59.7. The molecule has 0 fully saturated rings. The van der Waals surface area contributed by atoms with Crippen molar-refractivity contribution in [1.29, 1.82) is 0 Å². The van der Waals surface area contributed by atoms with Crippen molar-refractivity contribution in [2.45, 2.75) is 258 Å². The molecule has 1 N–H and O–H groups in total. The van der Waals surface area contributed by atoms with E-state index in [1.54, 1.807) is 24.3 Å². The molecule has 8 nitrogen and oxygen atoms in total. The van der Waals surface area contributed by atoms with Crippen LogP contribution < -0.4 is 28.4 Å². The third-order valence-electron chi connectivity index (χ3n) is 17.7. The van der Waals surface area contributed by atoms with E-state index in [9.17, 15) is 9.90 Å². The van der Waals surface area contributed by atoms with E-state index in [0.29, 0.717) is 13.2 Å². The molecular weight excluding hydrogens is 1200 g/mol. The van der Waals surface area contributed by atoms with Gasteiger partial charge in [0.15, 0.2) is 0 Å². The summed E-state index contributed by atoms with van der Waals surface area (Å²) >= 11 is 0. The first-order valence-electron chi connectivity index (χ1n) is 38.1. The number of ether oxygens (including phenoxy) is 6. The number of carboxylic acids is 1. The molecule has 0 radical (unpaired) electrons. The quantitative estimate of drug-likeness (QED) is 0.0298. The van der Waals surface area contributed by atoms with Crippen LogP contribution >= 0.6 is 0 Å². The van der Waals surface area contributed by atoms with Crippen LogP contribution in [0.3, 0.4) is 0 Å². The minimum absolute atomic E-state index is 0.241. The highest BCUT2D eigenvalue weighted by Crippen LogP contribution is 2.25. The van der Waals surface area contributed by atoms with Crippen molar-refractivity contribution in [3.8, 4) is 70.0 Å². The number of hydrogen-bond acceptors (Lipinski definition) is 7. The van der Waals surface area contributed by atoms with Crippen molar-refractivity contribution in [3.05, 3.63) is 178 Å². The molecule has 6 rings (SSSR count). The molecule has 6 aromatic carbocycles. The van der Waals surface area contributed by atoms with Gasteiger partial charge in [-0.1, -0.05) is 255 Å². The van der Waals surface area contributed by atoms with Crippen LogP contribution in [0, 0.1) is 35.5 Å². The second-order valence-corrected chi connectivity index (χ2v) is 26.2. The fourth-order valence-corrected chi connectivity index (χ4v) is 11.7. The van der Waals surface area contributed by atoms with Gasteiger partial charge in [-0.2, -0.15) is 0 Å². The number of carboxylic acid groups (broad SMARTS) is 1. The number of aromatic carboxylic acids is 1. The first-order valence-corrected chi connectivity index (χ1v) is 38.1. The zero-order valence-electron chi connectivity index (χ0n) is 59.7. The van der Waals surface area contributed by atoms with Gasteiger partial charge in [0, 0.05) is 39.4 Å². The fourth-order valence-electron chi connectivity index (χ4n) is 11.7.